The molecule has 5 nitrogen and oxygen atoms in total. The Bertz CT molecular complexity index is 516. The van der Waals surface area contributed by atoms with Crippen LogP contribution in [-0.2, 0) is 10.0 Å². The Balaban J connectivity index is 2.17. The molecule has 0 bridgehead atoms. The van der Waals surface area contributed by atoms with Crippen LogP contribution in [-0.4, -0.2) is 26.2 Å². The maximum atomic E-state index is 12.2. The van der Waals surface area contributed by atoms with E-state index in [1.165, 1.54) is 12.1 Å². The van der Waals surface area contributed by atoms with E-state index < -0.39 is 10.0 Å². The van der Waals surface area contributed by atoms with E-state index in [1.54, 1.807) is 12.1 Å². The molecular weight excluding hydrogens is 252 g/mol. The molecule has 0 amide bonds. The fourth-order valence-corrected chi connectivity index (χ4v) is 3.75. The fourth-order valence-electron chi connectivity index (χ4n) is 2.36. The van der Waals surface area contributed by atoms with Gasteiger partial charge in [-0.2, -0.15) is 0 Å². The Hall–Kier alpha value is -1.11. The Morgan fingerprint density at radius 2 is 2.17 bits per heavy atom. The number of aliphatic hydroxyl groups is 1. The minimum Gasteiger partial charge on any atom is -0.399 e. The first kappa shape index (κ1) is 13.3. The molecule has 2 rings (SSSR count). The molecule has 0 spiro atoms. The van der Waals surface area contributed by atoms with Crippen molar-refractivity contribution in [2.45, 2.75) is 30.2 Å². The highest BCUT2D eigenvalue weighted by molar-refractivity contribution is 7.89. The Kier molecular flexibility index (Phi) is 3.89. The maximum absolute atomic E-state index is 12.2. The van der Waals surface area contributed by atoms with Gasteiger partial charge < -0.3 is 10.8 Å². The molecule has 18 heavy (non-hydrogen) atoms. The first-order valence-electron chi connectivity index (χ1n) is 6.01. The van der Waals surface area contributed by atoms with Crippen LogP contribution in [0.2, 0.25) is 0 Å². The highest BCUT2D eigenvalue weighted by atomic mass is 32.2. The van der Waals surface area contributed by atoms with Crippen molar-refractivity contribution in [2.24, 2.45) is 5.92 Å². The van der Waals surface area contributed by atoms with E-state index in [1.807, 2.05) is 0 Å². The van der Waals surface area contributed by atoms with Crippen LogP contribution in [0.15, 0.2) is 29.2 Å². The van der Waals surface area contributed by atoms with Gasteiger partial charge in [0.15, 0.2) is 0 Å². The molecule has 2 atom stereocenters. The molecule has 0 aromatic heterocycles. The smallest absolute Gasteiger partial charge is 0.240 e. The number of hydrogen-bond donors (Lipinski definition) is 3. The molecule has 0 aliphatic heterocycles. The summed E-state index contributed by atoms with van der Waals surface area (Å²) in [5.41, 5.74) is 6.00. The molecule has 1 fully saturated rings. The third kappa shape index (κ3) is 2.82. The average molecular weight is 270 g/mol. The zero-order valence-corrected chi connectivity index (χ0v) is 10.9. The highest BCUT2D eigenvalue weighted by Gasteiger charge is 2.30. The molecule has 100 valence electrons. The van der Waals surface area contributed by atoms with E-state index in [4.69, 9.17) is 5.73 Å². The van der Waals surface area contributed by atoms with Crippen molar-refractivity contribution in [3.05, 3.63) is 24.3 Å². The summed E-state index contributed by atoms with van der Waals surface area (Å²) in [5.74, 6) is 0.0147. The summed E-state index contributed by atoms with van der Waals surface area (Å²) in [4.78, 5) is 0.172. The number of nitrogen functional groups attached to an aromatic ring is 1. The highest BCUT2D eigenvalue weighted by Crippen LogP contribution is 2.26. The number of rotatable bonds is 4. The number of hydrogen-bond acceptors (Lipinski definition) is 4. The van der Waals surface area contributed by atoms with Crippen molar-refractivity contribution >= 4 is 15.7 Å². The van der Waals surface area contributed by atoms with Gasteiger partial charge in [0, 0.05) is 18.3 Å². The lowest BCUT2D eigenvalue weighted by Crippen LogP contribution is -2.38. The molecule has 0 saturated heterocycles. The second-order valence-electron chi connectivity index (χ2n) is 4.67. The predicted molar refractivity (Wildman–Crippen MR) is 69.4 cm³/mol. The van der Waals surface area contributed by atoms with E-state index >= 15 is 0 Å². The van der Waals surface area contributed by atoms with Gasteiger partial charge in [-0.05, 0) is 37.0 Å². The largest absolute Gasteiger partial charge is 0.399 e. The molecule has 0 radical (unpaired) electrons. The summed E-state index contributed by atoms with van der Waals surface area (Å²) >= 11 is 0. The number of anilines is 1. The number of nitrogens with two attached hydrogens (primary N) is 1. The summed E-state index contributed by atoms with van der Waals surface area (Å²) in [5, 5.41) is 9.19. The molecule has 0 heterocycles. The number of sulfonamides is 1. The first-order chi connectivity index (χ1) is 8.53. The van der Waals surface area contributed by atoms with Crippen LogP contribution < -0.4 is 10.5 Å². The molecule has 1 aliphatic carbocycles. The molecule has 1 aromatic rings. The maximum Gasteiger partial charge on any atom is 0.240 e. The summed E-state index contributed by atoms with van der Waals surface area (Å²) in [6.45, 7) is 0.0180. The molecular formula is C12H18N2O3S. The monoisotopic (exact) mass is 270 g/mol. The SMILES string of the molecule is Nc1cccc(S(=O)(=O)NC2CCCC2CO)c1. The molecule has 4 N–H and O–H groups in total. The van der Waals surface area contributed by atoms with Crippen molar-refractivity contribution in [2.75, 3.05) is 12.3 Å². The minimum absolute atomic E-state index is 0.0147. The lowest BCUT2D eigenvalue weighted by atomic mass is 10.1. The van der Waals surface area contributed by atoms with Crippen LogP contribution >= 0.6 is 0 Å². The zero-order chi connectivity index (χ0) is 13.2. The van der Waals surface area contributed by atoms with Gasteiger partial charge in [-0.3, -0.25) is 0 Å². The van der Waals surface area contributed by atoms with E-state index in [0.29, 0.717) is 5.69 Å². The third-order valence-electron chi connectivity index (χ3n) is 3.37. The van der Waals surface area contributed by atoms with Crippen molar-refractivity contribution in [3.8, 4) is 0 Å². The normalized spacial score (nSPS) is 24.3. The van der Waals surface area contributed by atoms with E-state index in [0.717, 1.165) is 19.3 Å². The van der Waals surface area contributed by atoms with Crippen molar-refractivity contribution in [3.63, 3.8) is 0 Å². The molecule has 1 aromatic carbocycles. The molecule has 6 heteroatoms. The van der Waals surface area contributed by atoms with Gasteiger partial charge in [-0.1, -0.05) is 12.5 Å². The Labute approximate surface area is 107 Å². The van der Waals surface area contributed by atoms with Crippen molar-refractivity contribution < 1.29 is 13.5 Å². The molecule has 1 saturated carbocycles. The topological polar surface area (TPSA) is 92.4 Å². The molecule has 2 unspecified atom stereocenters. The van der Waals surface area contributed by atoms with Gasteiger partial charge in [-0.25, -0.2) is 13.1 Å². The summed E-state index contributed by atoms with van der Waals surface area (Å²) < 4.78 is 27.0. The quantitative estimate of drug-likeness (QED) is 0.702. The second kappa shape index (κ2) is 5.26. The van der Waals surface area contributed by atoms with Crippen molar-refractivity contribution in [1.29, 1.82) is 0 Å². The zero-order valence-electron chi connectivity index (χ0n) is 10.0. The number of nitrogens with one attached hydrogen (secondary N) is 1. The van der Waals surface area contributed by atoms with Crippen LogP contribution in [0.3, 0.4) is 0 Å². The average Bonchev–Trinajstić information content (AvgIpc) is 2.75. The number of aliphatic hydroxyl groups excluding tert-OH is 1. The van der Waals surface area contributed by atoms with Crippen LogP contribution in [0, 0.1) is 5.92 Å². The lowest BCUT2D eigenvalue weighted by Gasteiger charge is -2.19. The van der Waals surface area contributed by atoms with Gasteiger partial charge in [0.1, 0.15) is 0 Å². The van der Waals surface area contributed by atoms with Crippen molar-refractivity contribution in [1.82, 2.24) is 4.72 Å². The predicted octanol–water partition coefficient (Wildman–Crippen LogP) is 0.708. The van der Waals surface area contributed by atoms with Gasteiger partial charge in [0.25, 0.3) is 0 Å². The number of benzene rings is 1. The van der Waals surface area contributed by atoms with E-state index in [-0.39, 0.29) is 23.5 Å². The van der Waals surface area contributed by atoms with Gasteiger partial charge >= 0.3 is 0 Å². The Morgan fingerprint density at radius 3 is 2.83 bits per heavy atom. The van der Waals surface area contributed by atoms with E-state index in [2.05, 4.69) is 4.72 Å². The van der Waals surface area contributed by atoms with Gasteiger partial charge in [0.05, 0.1) is 4.90 Å². The van der Waals surface area contributed by atoms with Crippen LogP contribution in [0.25, 0.3) is 0 Å². The summed E-state index contributed by atoms with van der Waals surface area (Å²) in [6.07, 6.45) is 2.57. The van der Waals surface area contributed by atoms with E-state index in [9.17, 15) is 13.5 Å². The summed E-state index contributed by atoms with van der Waals surface area (Å²) in [6, 6.07) is 6.03. The van der Waals surface area contributed by atoms with Crippen LogP contribution in [0.1, 0.15) is 19.3 Å². The van der Waals surface area contributed by atoms with Crippen LogP contribution in [0.5, 0.6) is 0 Å². The summed E-state index contributed by atoms with van der Waals surface area (Å²) in [7, 11) is -3.55. The van der Waals surface area contributed by atoms with Gasteiger partial charge in [0.2, 0.25) is 10.0 Å². The molecule has 1 aliphatic rings. The second-order valence-corrected chi connectivity index (χ2v) is 6.39. The first-order valence-corrected chi connectivity index (χ1v) is 7.50. The minimum atomic E-state index is -3.55. The van der Waals surface area contributed by atoms with Crippen LogP contribution in [0.4, 0.5) is 5.69 Å². The van der Waals surface area contributed by atoms with Gasteiger partial charge in [-0.15, -0.1) is 0 Å². The Morgan fingerprint density at radius 1 is 1.39 bits per heavy atom. The lowest BCUT2D eigenvalue weighted by molar-refractivity contribution is 0.213. The fraction of sp³-hybridized carbons (Fsp3) is 0.500. The standard InChI is InChI=1S/C12H18N2O3S/c13-10-4-2-5-11(7-10)18(16,17)14-12-6-1-3-9(12)8-15/h2,4-5,7,9,12,14-15H,1,3,6,8,13H2. The third-order valence-corrected chi connectivity index (χ3v) is 4.86.